The number of ether oxygens (including phenoxy) is 2. The molecule has 0 aromatic heterocycles. The molecule has 10 heteroatoms. The van der Waals surface area contributed by atoms with Crippen molar-refractivity contribution in [3.8, 4) is 0 Å². The van der Waals surface area contributed by atoms with Gasteiger partial charge >= 0.3 is 6.09 Å². The van der Waals surface area contributed by atoms with Crippen LogP contribution in [0.4, 0.5) is 20.6 Å². The summed E-state index contributed by atoms with van der Waals surface area (Å²) in [6, 6.07) is 4.77. The maximum atomic E-state index is 15.1. The molecule has 3 atom stereocenters. The number of hydrogen-bond acceptors (Lipinski definition) is 6. The highest BCUT2D eigenvalue weighted by molar-refractivity contribution is 5.90. The number of methoxy groups -OCH3 is 1. The molecular formula is C22H29FN4O5. The number of likely N-dealkylation sites (tertiary alicyclic amines) is 1. The van der Waals surface area contributed by atoms with Crippen LogP contribution in [0.2, 0.25) is 0 Å². The Morgan fingerprint density at radius 2 is 2.09 bits per heavy atom. The molecule has 0 aliphatic carbocycles. The SMILES string of the molecule is COCC(=O)N1CCC[C@H]2CN(c3ccc(N4C[C@H](CNC(C)=O)OC4=O)cc3F)C[C@H]21. The minimum Gasteiger partial charge on any atom is -0.442 e. The second-order valence-electron chi connectivity index (χ2n) is 8.58. The Hall–Kier alpha value is -2.88. The van der Waals surface area contributed by atoms with Crippen molar-refractivity contribution in [2.45, 2.75) is 31.9 Å². The van der Waals surface area contributed by atoms with E-state index in [0.717, 1.165) is 12.8 Å². The van der Waals surface area contributed by atoms with E-state index in [2.05, 4.69) is 5.32 Å². The smallest absolute Gasteiger partial charge is 0.414 e. The molecule has 0 unspecified atom stereocenters. The quantitative estimate of drug-likeness (QED) is 0.707. The Balaban J connectivity index is 1.44. The number of benzene rings is 1. The maximum absolute atomic E-state index is 15.1. The average Bonchev–Trinajstić information content (AvgIpc) is 3.35. The lowest BCUT2D eigenvalue weighted by atomic mass is 9.92. The molecule has 0 bridgehead atoms. The average molecular weight is 448 g/mol. The number of nitrogens with zero attached hydrogens (tertiary/aromatic N) is 3. The molecule has 3 fully saturated rings. The van der Waals surface area contributed by atoms with E-state index in [4.69, 9.17) is 9.47 Å². The number of amides is 3. The zero-order valence-electron chi connectivity index (χ0n) is 18.4. The summed E-state index contributed by atoms with van der Waals surface area (Å²) in [6.45, 7) is 3.86. The lowest BCUT2D eigenvalue weighted by Gasteiger charge is -2.36. The van der Waals surface area contributed by atoms with E-state index in [9.17, 15) is 14.4 Å². The Bertz CT molecular complexity index is 897. The summed E-state index contributed by atoms with van der Waals surface area (Å²) in [4.78, 5) is 40.9. The highest BCUT2D eigenvalue weighted by atomic mass is 19.1. The molecule has 174 valence electrons. The van der Waals surface area contributed by atoms with Crippen molar-refractivity contribution in [3.63, 3.8) is 0 Å². The van der Waals surface area contributed by atoms with Crippen LogP contribution in [0.15, 0.2) is 18.2 Å². The second kappa shape index (κ2) is 9.32. The first-order chi connectivity index (χ1) is 15.4. The molecule has 0 saturated carbocycles. The van der Waals surface area contributed by atoms with E-state index in [0.29, 0.717) is 36.9 Å². The molecule has 1 aromatic carbocycles. The fourth-order valence-electron chi connectivity index (χ4n) is 4.91. The summed E-state index contributed by atoms with van der Waals surface area (Å²) in [5.74, 6) is -0.356. The van der Waals surface area contributed by atoms with Gasteiger partial charge in [-0.15, -0.1) is 0 Å². The van der Waals surface area contributed by atoms with Crippen LogP contribution in [0.3, 0.4) is 0 Å². The third-order valence-corrected chi connectivity index (χ3v) is 6.41. The predicted molar refractivity (Wildman–Crippen MR) is 115 cm³/mol. The number of piperidine rings is 1. The topological polar surface area (TPSA) is 91.4 Å². The van der Waals surface area contributed by atoms with Gasteiger partial charge in [-0.25, -0.2) is 9.18 Å². The number of cyclic esters (lactones) is 1. The maximum Gasteiger partial charge on any atom is 0.414 e. The van der Waals surface area contributed by atoms with Crippen LogP contribution in [0.5, 0.6) is 0 Å². The van der Waals surface area contributed by atoms with E-state index in [1.165, 1.54) is 25.0 Å². The van der Waals surface area contributed by atoms with Gasteiger partial charge in [0, 0.05) is 33.7 Å². The van der Waals surface area contributed by atoms with E-state index in [1.54, 1.807) is 12.1 Å². The zero-order chi connectivity index (χ0) is 22.8. The van der Waals surface area contributed by atoms with Crippen molar-refractivity contribution in [1.29, 1.82) is 0 Å². The largest absolute Gasteiger partial charge is 0.442 e. The molecular weight excluding hydrogens is 419 g/mol. The number of hydrogen-bond donors (Lipinski definition) is 1. The van der Waals surface area contributed by atoms with Crippen LogP contribution in [0, 0.1) is 11.7 Å². The Labute approximate surface area is 186 Å². The highest BCUT2D eigenvalue weighted by Gasteiger charge is 2.41. The number of anilines is 2. The molecule has 3 aliphatic heterocycles. The Morgan fingerprint density at radius 3 is 2.81 bits per heavy atom. The van der Waals surface area contributed by atoms with Crippen LogP contribution in [-0.4, -0.2) is 81.4 Å². The molecule has 32 heavy (non-hydrogen) atoms. The Morgan fingerprint density at radius 1 is 1.28 bits per heavy atom. The summed E-state index contributed by atoms with van der Waals surface area (Å²) >= 11 is 0. The predicted octanol–water partition coefficient (Wildman–Crippen LogP) is 1.36. The minimum absolute atomic E-state index is 0.0266. The highest BCUT2D eigenvalue weighted by Crippen LogP contribution is 2.36. The minimum atomic E-state index is -0.563. The third kappa shape index (κ3) is 4.50. The van der Waals surface area contributed by atoms with Gasteiger partial charge in [-0.2, -0.15) is 0 Å². The van der Waals surface area contributed by atoms with E-state index >= 15 is 4.39 Å². The van der Waals surface area contributed by atoms with Gasteiger partial charge in [-0.05, 0) is 37.0 Å². The van der Waals surface area contributed by atoms with Gasteiger partial charge in [0.1, 0.15) is 18.5 Å². The van der Waals surface area contributed by atoms with Gasteiger partial charge in [-0.1, -0.05) is 0 Å². The summed E-state index contributed by atoms with van der Waals surface area (Å²) in [5.41, 5.74) is 0.875. The van der Waals surface area contributed by atoms with Crippen molar-refractivity contribution >= 4 is 29.3 Å². The molecule has 3 heterocycles. The fourth-order valence-corrected chi connectivity index (χ4v) is 4.91. The van der Waals surface area contributed by atoms with Crippen LogP contribution >= 0.6 is 0 Å². The van der Waals surface area contributed by atoms with Gasteiger partial charge in [0.25, 0.3) is 0 Å². The number of carbonyl (C=O) groups is 3. The first-order valence-corrected chi connectivity index (χ1v) is 10.9. The van der Waals surface area contributed by atoms with Gasteiger partial charge in [0.05, 0.1) is 30.5 Å². The van der Waals surface area contributed by atoms with E-state index < -0.39 is 18.0 Å². The number of halogens is 1. The molecule has 1 N–H and O–H groups in total. The molecule has 4 rings (SSSR count). The van der Waals surface area contributed by atoms with Crippen LogP contribution < -0.4 is 15.1 Å². The standard InChI is InChI=1S/C22H29FN4O5/c1-14(28)24-9-17-11-27(22(30)32-17)16-5-6-19(18(23)8-16)25-10-15-4-3-7-26(20(15)12-25)21(29)13-31-2/h5-6,8,15,17,20H,3-4,7,9-13H2,1-2H3,(H,24,28)/t15-,17-,20+/m0/s1. The molecule has 1 aromatic rings. The van der Waals surface area contributed by atoms with E-state index in [-0.39, 0.29) is 37.6 Å². The van der Waals surface area contributed by atoms with E-state index in [1.807, 2.05) is 9.80 Å². The monoisotopic (exact) mass is 448 g/mol. The van der Waals surface area contributed by atoms with Crippen LogP contribution in [0.1, 0.15) is 19.8 Å². The third-order valence-electron chi connectivity index (χ3n) is 6.41. The molecule has 3 amide bonds. The molecule has 0 radical (unpaired) electrons. The Kier molecular flexibility index (Phi) is 6.50. The first kappa shape index (κ1) is 22.3. The van der Waals surface area contributed by atoms with Gasteiger partial charge < -0.3 is 24.6 Å². The summed E-state index contributed by atoms with van der Waals surface area (Å²) in [7, 11) is 1.51. The lowest BCUT2D eigenvalue weighted by molar-refractivity contribution is -0.139. The number of carbonyl (C=O) groups excluding carboxylic acids is 3. The number of fused-ring (bicyclic) bond motifs is 1. The summed E-state index contributed by atoms with van der Waals surface area (Å²) in [6.07, 6.45) is 0.897. The summed E-state index contributed by atoms with van der Waals surface area (Å²) in [5, 5.41) is 2.62. The summed E-state index contributed by atoms with van der Waals surface area (Å²) < 4.78 is 25.4. The van der Waals surface area contributed by atoms with Gasteiger partial charge in [0.2, 0.25) is 11.8 Å². The first-order valence-electron chi connectivity index (χ1n) is 10.9. The van der Waals surface area contributed by atoms with Crippen LogP contribution in [0.25, 0.3) is 0 Å². The zero-order valence-corrected chi connectivity index (χ0v) is 18.4. The van der Waals surface area contributed by atoms with Crippen molar-refractivity contribution in [2.75, 3.05) is 56.2 Å². The number of rotatable bonds is 6. The second-order valence-corrected chi connectivity index (χ2v) is 8.58. The van der Waals surface area contributed by atoms with Gasteiger partial charge in [-0.3, -0.25) is 14.5 Å². The number of nitrogens with one attached hydrogen (secondary N) is 1. The van der Waals surface area contributed by atoms with Crippen molar-refractivity contribution in [1.82, 2.24) is 10.2 Å². The molecule has 3 aliphatic rings. The molecule has 9 nitrogen and oxygen atoms in total. The van der Waals surface area contributed by atoms with Crippen molar-refractivity contribution in [2.24, 2.45) is 5.92 Å². The lowest BCUT2D eigenvalue weighted by Crippen LogP contribution is -2.49. The normalized spacial score (nSPS) is 25.0. The molecule has 3 saturated heterocycles. The van der Waals surface area contributed by atoms with Crippen molar-refractivity contribution < 1.29 is 28.2 Å². The van der Waals surface area contributed by atoms with Gasteiger partial charge in [0.15, 0.2) is 0 Å². The van der Waals surface area contributed by atoms with Crippen molar-refractivity contribution in [3.05, 3.63) is 24.0 Å². The van der Waals surface area contributed by atoms with Crippen LogP contribution in [-0.2, 0) is 19.1 Å². The molecule has 0 spiro atoms. The fraction of sp³-hybridized carbons (Fsp3) is 0.591.